The van der Waals surface area contributed by atoms with Crippen molar-refractivity contribution >= 4 is 29.1 Å². The largest absolute Gasteiger partial charge is 0.507 e. The molecule has 0 aliphatic heterocycles. The van der Waals surface area contributed by atoms with Gasteiger partial charge in [0.05, 0.1) is 24.8 Å². The number of furan rings is 1. The Bertz CT molecular complexity index is 757. The quantitative estimate of drug-likeness (QED) is 0.550. The smallest absolute Gasteiger partial charge is 0.275 e. The highest BCUT2D eigenvalue weighted by atomic mass is 35.5. The first-order valence-electron chi connectivity index (χ1n) is 7.07. The van der Waals surface area contributed by atoms with E-state index < -0.39 is 5.91 Å². The van der Waals surface area contributed by atoms with Crippen LogP contribution in [0.15, 0.2) is 46.1 Å². The third kappa shape index (κ3) is 5.13. The van der Waals surface area contributed by atoms with E-state index in [1.807, 2.05) is 0 Å². The summed E-state index contributed by atoms with van der Waals surface area (Å²) in [5.41, 5.74) is 2.68. The number of phenols is 1. The number of phenolic OH excluding ortho intramolecular Hbond substituents is 1. The SMILES string of the molecule is CC(CC(=O)NCc1ccco1)=NNC(=O)c1cc(Cl)ccc1O. The molecule has 0 radical (unpaired) electrons. The van der Waals surface area contributed by atoms with Crippen molar-refractivity contribution in [1.82, 2.24) is 10.7 Å². The van der Waals surface area contributed by atoms with Crippen LogP contribution in [-0.4, -0.2) is 22.6 Å². The van der Waals surface area contributed by atoms with E-state index in [2.05, 4.69) is 15.8 Å². The van der Waals surface area contributed by atoms with Gasteiger partial charge < -0.3 is 14.8 Å². The lowest BCUT2D eigenvalue weighted by Crippen LogP contribution is -2.26. The molecule has 0 bridgehead atoms. The molecule has 1 aromatic carbocycles. The number of aromatic hydroxyl groups is 1. The molecule has 1 heterocycles. The number of hydrazone groups is 1. The molecular weight excluding hydrogens is 334 g/mol. The predicted molar refractivity (Wildman–Crippen MR) is 88.9 cm³/mol. The van der Waals surface area contributed by atoms with Gasteiger partial charge >= 0.3 is 0 Å². The fourth-order valence-corrected chi connectivity index (χ4v) is 2.00. The first kappa shape index (κ1) is 17.6. The Balaban J connectivity index is 1.85. The summed E-state index contributed by atoms with van der Waals surface area (Å²) >= 11 is 5.78. The second kappa shape index (κ2) is 8.16. The Kier molecular flexibility index (Phi) is 5.97. The average molecular weight is 350 g/mol. The van der Waals surface area contributed by atoms with Crippen molar-refractivity contribution in [2.45, 2.75) is 19.9 Å². The summed E-state index contributed by atoms with van der Waals surface area (Å²) in [6.45, 7) is 1.88. The maximum absolute atomic E-state index is 11.9. The average Bonchev–Trinajstić information content (AvgIpc) is 3.06. The topological polar surface area (TPSA) is 104 Å². The summed E-state index contributed by atoms with van der Waals surface area (Å²) < 4.78 is 5.10. The van der Waals surface area contributed by atoms with E-state index in [-0.39, 0.29) is 30.2 Å². The Morgan fingerprint density at radius 1 is 1.33 bits per heavy atom. The van der Waals surface area contributed by atoms with Gasteiger partial charge in [0, 0.05) is 10.7 Å². The molecule has 0 aliphatic carbocycles. The van der Waals surface area contributed by atoms with Crippen LogP contribution in [0.2, 0.25) is 5.02 Å². The molecule has 3 N–H and O–H groups in total. The van der Waals surface area contributed by atoms with E-state index in [9.17, 15) is 14.7 Å². The van der Waals surface area contributed by atoms with E-state index >= 15 is 0 Å². The summed E-state index contributed by atoms with van der Waals surface area (Å²) in [6, 6.07) is 7.59. The van der Waals surface area contributed by atoms with Crippen molar-refractivity contribution in [2.24, 2.45) is 5.10 Å². The van der Waals surface area contributed by atoms with Gasteiger partial charge in [-0.05, 0) is 37.3 Å². The van der Waals surface area contributed by atoms with Crippen molar-refractivity contribution in [3.63, 3.8) is 0 Å². The van der Waals surface area contributed by atoms with Crippen LogP contribution in [0.5, 0.6) is 5.75 Å². The zero-order valence-electron chi connectivity index (χ0n) is 12.9. The van der Waals surface area contributed by atoms with Gasteiger partial charge in [-0.2, -0.15) is 5.10 Å². The second-order valence-electron chi connectivity index (χ2n) is 4.98. The molecule has 0 fully saturated rings. The van der Waals surface area contributed by atoms with Gasteiger partial charge in [0.15, 0.2) is 0 Å². The molecule has 126 valence electrons. The second-order valence-corrected chi connectivity index (χ2v) is 5.42. The minimum absolute atomic E-state index is 0.00122. The number of hydrogen-bond acceptors (Lipinski definition) is 5. The zero-order valence-corrected chi connectivity index (χ0v) is 13.6. The minimum Gasteiger partial charge on any atom is -0.507 e. The van der Waals surface area contributed by atoms with E-state index in [1.54, 1.807) is 19.1 Å². The first-order chi connectivity index (χ1) is 11.5. The van der Waals surface area contributed by atoms with Crippen molar-refractivity contribution in [2.75, 3.05) is 0 Å². The molecule has 0 aliphatic rings. The van der Waals surface area contributed by atoms with Crippen LogP contribution in [0, 0.1) is 0 Å². The Morgan fingerprint density at radius 2 is 2.12 bits per heavy atom. The van der Waals surface area contributed by atoms with Gasteiger partial charge in [0.2, 0.25) is 5.91 Å². The highest BCUT2D eigenvalue weighted by molar-refractivity contribution is 6.31. The number of nitrogens with one attached hydrogen (secondary N) is 2. The molecule has 7 nitrogen and oxygen atoms in total. The maximum Gasteiger partial charge on any atom is 0.275 e. The fourth-order valence-electron chi connectivity index (χ4n) is 1.83. The van der Waals surface area contributed by atoms with Gasteiger partial charge in [-0.25, -0.2) is 5.43 Å². The molecule has 2 rings (SSSR count). The van der Waals surface area contributed by atoms with Crippen LogP contribution >= 0.6 is 11.6 Å². The first-order valence-corrected chi connectivity index (χ1v) is 7.44. The lowest BCUT2D eigenvalue weighted by Gasteiger charge is -2.05. The summed E-state index contributed by atoms with van der Waals surface area (Å²) in [5.74, 6) is -0.443. The molecule has 8 heteroatoms. The fraction of sp³-hybridized carbons (Fsp3) is 0.188. The van der Waals surface area contributed by atoms with Gasteiger partial charge in [-0.3, -0.25) is 9.59 Å². The summed E-state index contributed by atoms with van der Waals surface area (Å²) in [4.78, 5) is 23.7. The Morgan fingerprint density at radius 3 is 2.83 bits per heavy atom. The number of carbonyl (C=O) groups is 2. The van der Waals surface area contributed by atoms with E-state index in [0.717, 1.165) is 0 Å². The molecule has 1 aromatic heterocycles. The zero-order chi connectivity index (χ0) is 17.5. The van der Waals surface area contributed by atoms with Gasteiger partial charge in [0.25, 0.3) is 5.91 Å². The molecule has 0 unspecified atom stereocenters. The normalized spacial score (nSPS) is 11.2. The number of amides is 2. The van der Waals surface area contributed by atoms with Crippen LogP contribution in [0.4, 0.5) is 0 Å². The van der Waals surface area contributed by atoms with Crippen LogP contribution in [-0.2, 0) is 11.3 Å². The van der Waals surface area contributed by atoms with E-state index in [0.29, 0.717) is 16.5 Å². The number of benzene rings is 1. The van der Waals surface area contributed by atoms with Crippen molar-refractivity contribution in [3.05, 3.63) is 52.9 Å². The molecule has 0 spiro atoms. The van der Waals surface area contributed by atoms with Gasteiger partial charge in [-0.15, -0.1) is 0 Å². The molecule has 0 atom stereocenters. The van der Waals surface area contributed by atoms with Crippen LogP contribution in [0.3, 0.4) is 0 Å². The third-order valence-corrected chi connectivity index (χ3v) is 3.24. The number of nitrogens with zero attached hydrogens (tertiary/aromatic N) is 1. The highest BCUT2D eigenvalue weighted by Gasteiger charge is 2.11. The standard InChI is InChI=1S/C16H16ClN3O4/c1-10(7-15(22)18-9-12-3-2-6-24-12)19-20-16(23)13-8-11(17)4-5-14(13)21/h2-6,8,21H,7,9H2,1H3,(H,18,22)(H,20,23). The molecule has 24 heavy (non-hydrogen) atoms. The van der Waals surface area contributed by atoms with Crippen LogP contribution < -0.4 is 10.7 Å². The van der Waals surface area contributed by atoms with Crippen molar-refractivity contribution < 1.29 is 19.1 Å². The predicted octanol–water partition coefficient (Wildman–Crippen LogP) is 2.45. The van der Waals surface area contributed by atoms with Crippen LogP contribution in [0.1, 0.15) is 29.5 Å². The van der Waals surface area contributed by atoms with Crippen molar-refractivity contribution in [3.8, 4) is 5.75 Å². The maximum atomic E-state index is 11.9. The molecule has 2 aromatic rings. The van der Waals surface area contributed by atoms with Gasteiger partial charge in [0.1, 0.15) is 11.5 Å². The number of halogens is 1. The number of carbonyl (C=O) groups excluding carboxylic acids is 2. The van der Waals surface area contributed by atoms with E-state index in [1.165, 1.54) is 24.5 Å². The van der Waals surface area contributed by atoms with Crippen LogP contribution in [0.25, 0.3) is 0 Å². The minimum atomic E-state index is -0.620. The summed E-state index contributed by atoms with van der Waals surface area (Å²) in [7, 11) is 0. The summed E-state index contributed by atoms with van der Waals surface area (Å²) in [6.07, 6.45) is 1.54. The Labute approximate surface area is 143 Å². The lowest BCUT2D eigenvalue weighted by molar-refractivity contribution is -0.120. The highest BCUT2D eigenvalue weighted by Crippen LogP contribution is 2.21. The van der Waals surface area contributed by atoms with Gasteiger partial charge in [-0.1, -0.05) is 11.6 Å². The molecular formula is C16H16ClN3O4. The molecule has 0 saturated heterocycles. The van der Waals surface area contributed by atoms with Crippen molar-refractivity contribution in [1.29, 1.82) is 0 Å². The molecule has 2 amide bonds. The van der Waals surface area contributed by atoms with E-state index in [4.69, 9.17) is 16.0 Å². The lowest BCUT2D eigenvalue weighted by atomic mass is 10.2. The summed E-state index contributed by atoms with van der Waals surface area (Å²) in [5, 5.41) is 16.5. The Hall–Kier alpha value is -2.80. The number of hydrogen-bond donors (Lipinski definition) is 3. The third-order valence-electron chi connectivity index (χ3n) is 3.01. The monoisotopic (exact) mass is 349 g/mol. The number of rotatable bonds is 6. The molecule has 0 saturated carbocycles.